The molecule has 1 aromatic rings. The van der Waals surface area contributed by atoms with E-state index < -0.39 is 17.5 Å². The minimum atomic E-state index is -1.41. The van der Waals surface area contributed by atoms with Gasteiger partial charge >= 0.3 is 11.9 Å². The molecule has 0 fully saturated rings. The van der Waals surface area contributed by atoms with E-state index in [4.69, 9.17) is 15.3 Å². The Kier molecular flexibility index (Phi) is 2.76. The molecular weight excluding hydrogens is 256 g/mol. The van der Waals surface area contributed by atoms with E-state index in [1.54, 1.807) is 0 Å². The van der Waals surface area contributed by atoms with Crippen LogP contribution in [0.25, 0.3) is 0 Å². The maximum Gasteiger partial charge on any atom is 0.337 e. The predicted molar refractivity (Wildman–Crippen MR) is 49.7 cm³/mol. The highest BCUT2D eigenvalue weighted by Gasteiger charge is 2.21. The Morgan fingerprint density at radius 2 is 1.71 bits per heavy atom. The molecule has 0 atom stereocenters. The second-order valence-electron chi connectivity index (χ2n) is 2.43. The van der Waals surface area contributed by atoms with E-state index in [1.807, 2.05) is 0 Å². The number of phenolic OH excluding ortho intramolecular Hbond substituents is 1. The van der Waals surface area contributed by atoms with E-state index in [9.17, 15) is 9.59 Å². The molecule has 14 heavy (non-hydrogen) atoms. The van der Waals surface area contributed by atoms with E-state index in [0.29, 0.717) is 0 Å². The van der Waals surface area contributed by atoms with Gasteiger partial charge in [0, 0.05) is 0 Å². The third-order valence-corrected chi connectivity index (χ3v) is 2.37. The summed E-state index contributed by atoms with van der Waals surface area (Å²) in [5.74, 6) is -3.08. The van der Waals surface area contributed by atoms with Gasteiger partial charge in [0.25, 0.3) is 0 Å². The smallest absolute Gasteiger partial charge is 0.337 e. The first kappa shape index (κ1) is 10.5. The Labute approximate surface area is 86.7 Å². The first-order valence-corrected chi connectivity index (χ1v) is 4.22. The Hall–Kier alpha value is -1.56. The van der Waals surface area contributed by atoms with Crippen molar-refractivity contribution in [3.63, 3.8) is 0 Å². The maximum atomic E-state index is 10.7. The van der Waals surface area contributed by atoms with Crippen molar-refractivity contribution in [3.8, 4) is 5.75 Å². The number of carboxylic acids is 2. The third kappa shape index (κ3) is 1.69. The molecule has 0 radical (unpaired) electrons. The minimum absolute atomic E-state index is 0.134. The topological polar surface area (TPSA) is 94.8 Å². The molecule has 0 aliphatic rings. The summed E-state index contributed by atoms with van der Waals surface area (Å²) in [7, 11) is 0. The minimum Gasteiger partial charge on any atom is -0.507 e. The van der Waals surface area contributed by atoms with Gasteiger partial charge in [0.2, 0.25) is 0 Å². The fraction of sp³-hybridized carbons (Fsp3) is 0. The van der Waals surface area contributed by atoms with Crippen molar-refractivity contribution < 1.29 is 24.9 Å². The fourth-order valence-electron chi connectivity index (χ4n) is 0.952. The van der Waals surface area contributed by atoms with Crippen LogP contribution >= 0.6 is 15.9 Å². The summed E-state index contributed by atoms with van der Waals surface area (Å²) in [6, 6.07) is 2.14. The zero-order chi connectivity index (χ0) is 10.9. The van der Waals surface area contributed by atoms with Gasteiger partial charge in [-0.2, -0.15) is 0 Å². The van der Waals surface area contributed by atoms with Gasteiger partial charge in [-0.05, 0) is 28.1 Å². The monoisotopic (exact) mass is 260 g/mol. The molecule has 74 valence electrons. The molecule has 0 aliphatic carbocycles. The zero-order valence-corrected chi connectivity index (χ0v) is 8.28. The van der Waals surface area contributed by atoms with E-state index in [-0.39, 0.29) is 15.8 Å². The van der Waals surface area contributed by atoms with Crippen molar-refractivity contribution in [1.29, 1.82) is 0 Å². The summed E-state index contributed by atoms with van der Waals surface area (Å²) < 4.78 is -0.134. The Morgan fingerprint density at radius 3 is 2.14 bits per heavy atom. The average molecular weight is 261 g/mol. The van der Waals surface area contributed by atoms with Crippen molar-refractivity contribution >= 4 is 27.9 Å². The highest BCUT2D eigenvalue weighted by atomic mass is 79.9. The molecule has 0 heterocycles. The summed E-state index contributed by atoms with van der Waals surface area (Å²) in [5, 5.41) is 26.5. The van der Waals surface area contributed by atoms with Gasteiger partial charge in [0.05, 0.1) is 15.6 Å². The van der Waals surface area contributed by atoms with Gasteiger partial charge in [-0.15, -0.1) is 0 Å². The maximum absolute atomic E-state index is 10.7. The van der Waals surface area contributed by atoms with Crippen LogP contribution in [0.1, 0.15) is 20.7 Å². The largest absolute Gasteiger partial charge is 0.507 e. The Morgan fingerprint density at radius 1 is 1.14 bits per heavy atom. The third-order valence-electron chi connectivity index (χ3n) is 1.57. The van der Waals surface area contributed by atoms with Crippen molar-refractivity contribution in [2.45, 2.75) is 0 Å². The number of carboxylic acid groups (broad SMARTS) is 2. The van der Waals surface area contributed by atoms with Crippen LogP contribution in [0.4, 0.5) is 0 Å². The van der Waals surface area contributed by atoms with Crippen LogP contribution in [0.2, 0.25) is 0 Å². The van der Waals surface area contributed by atoms with Crippen LogP contribution in [-0.4, -0.2) is 27.3 Å². The quantitative estimate of drug-likeness (QED) is 0.750. The van der Waals surface area contributed by atoms with Crippen LogP contribution in [0.3, 0.4) is 0 Å². The van der Waals surface area contributed by atoms with E-state index in [1.165, 1.54) is 0 Å². The number of halogens is 1. The number of aromatic carboxylic acids is 2. The lowest BCUT2D eigenvalue weighted by Crippen LogP contribution is -2.08. The van der Waals surface area contributed by atoms with Gasteiger partial charge in [-0.25, -0.2) is 9.59 Å². The van der Waals surface area contributed by atoms with Crippen LogP contribution < -0.4 is 0 Å². The van der Waals surface area contributed by atoms with Crippen molar-refractivity contribution in [2.24, 2.45) is 0 Å². The first-order valence-electron chi connectivity index (χ1n) is 3.43. The Balaban J connectivity index is 3.53. The fourth-order valence-corrected chi connectivity index (χ4v) is 1.47. The van der Waals surface area contributed by atoms with E-state index in [0.717, 1.165) is 12.1 Å². The van der Waals surface area contributed by atoms with Crippen LogP contribution in [0.15, 0.2) is 16.6 Å². The number of carbonyl (C=O) groups is 2. The molecule has 6 heteroatoms. The molecule has 0 unspecified atom stereocenters. The van der Waals surface area contributed by atoms with Gasteiger partial charge in [0.15, 0.2) is 0 Å². The van der Waals surface area contributed by atoms with Crippen LogP contribution in [-0.2, 0) is 0 Å². The molecule has 0 aromatic heterocycles. The summed E-state index contributed by atoms with van der Waals surface area (Å²) in [4.78, 5) is 21.3. The van der Waals surface area contributed by atoms with Crippen molar-refractivity contribution in [2.75, 3.05) is 0 Å². The summed E-state index contributed by atoms with van der Waals surface area (Å²) >= 11 is 2.81. The zero-order valence-electron chi connectivity index (χ0n) is 6.69. The normalized spacial score (nSPS) is 9.79. The van der Waals surface area contributed by atoms with Crippen LogP contribution in [0.5, 0.6) is 5.75 Å². The second kappa shape index (κ2) is 3.67. The molecule has 5 nitrogen and oxygen atoms in total. The average Bonchev–Trinajstić information content (AvgIpc) is 2.08. The summed E-state index contributed by atoms with van der Waals surface area (Å²) in [6.07, 6.45) is 0. The summed E-state index contributed by atoms with van der Waals surface area (Å²) in [6.45, 7) is 0. The van der Waals surface area contributed by atoms with Gasteiger partial charge in [-0.3, -0.25) is 0 Å². The standard InChI is InChI=1S/C8H5BrO5/c9-6-4(10)2-1-3(7(11)12)5(6)8(13)14/h1-2,10H,(H,11,12)(H,13,14). The molecule has 0 aliphatic heterocycles. The molecule has 0 saturated carbocycles. The lowest BCUT2D eigenvalue weighted by atomic mass is 10.1. The molecule has 0 amide bonds. The van der Waals surface area contributed by atoms with Crippen LogP contribution in [0, 0.1) is 0 Å². The molecule has 0 spiro atoms. The predicted octanol–water partition coefficient (Wildman–Crippen LogP) is 1.55. The number of hydrogen-bond donors (Lipinski definition) is 3. The molecular formula is C8H5BrO5. The van der Waals surface area contributed by atoms with Crippen molar-refractivity contribution in [3.05, 3.63) is 27.7 Å². The van der Waals surface area contributed by atoms with Gasteiger partial charge in [-0.1, -0.05) is 0 Å². The van der Waals surface area contributed by atoms with E-state index >= 15 is 0 Å². The number of phenols is 1. The number of benzene rings is 1. The lowest BCUT2D eigenvalue weighted by Gasteiger charge is -2.05. The summed E-state index contributed by atoms with van der Waals surface area (Å²) in [5.41, 5.74) is -0.834. The van der Waals surface area contributed by atoms with Gasteiger partial charge in [0.1, 0.15) is 5.75 Å². The number of rotatable bonds is 2. The SMILES string of the molecule is O=C(O)c1ccc(O)c(Br)c1C(=O)O. The molecule has 3 N–H and O–H groups in total. The lowest BCUT2D eigenvalue weighted by molar-refractivity contribution is 0.0650. The first-order chi connectivity index (χ1) is 6.45. The van der Waals surface area contributed by atoms with E-state index in [2.05, 4.69) is 15.9 Å². The molecule has 1 rings (SSSR count). The number of aromatic hydroxyl groups is 1. The Bertz CT molecular complexity index is 412. The molecule has 0 saturated heterocycles. The second-order valence-corrected chi connectivity index (χ2v) is 3.22. The highest BCUT2D eigenvalue weighted by molar-refractivity contribution is 9.10. The molecule has 1 aromatic carbocycles. The molecule has 0 bridgehead atoms. The van der Waals surface area contributed by atoms with Crippen molar-refractivity contribution in [1.82, 2.24) is 0 Å². The van der Waals surface area contributed by atoms with Gasteiger partial charge < -0.3 is 15.3 Å². The highest BCUT2D eigenvalue weighted by Crippen LogP contribution is 2.30. The number of hydrogen-bond acceptors (Lipinski definition) is 3.